The molecule has 0 bridgehead atoms. The van der Waals surface area contributed by atoms with Crippen molar-refractivity contribution in [1.29, 1.82) is 0 Å². The number of carbonyl (C=O) groups is 1. The van der Waals surface area contributed by atoms with Crippen LogP contribution < -0.4 is 5.32 Å². The summed E-state index contributed by atoms with van der Waals surface area (Å²) >= 11 is 3.46. The lowest BCUT2D eigenvalue weighted by Gasteiger charge is -2.46. The molecule has 2 aromatic carbocycles. The molecule has 21 heavy (non-hydrogen) atoms. The summed E-state index contributed by atoms with van der Waals surface area (Å²) in [6.45, 7) is 4.70. The summed E-state index contributed by atoms with van der Waals surface area (Å²) in [5, 5.41) is 3.53. The molecule has 0 radical (unpaired) electrons. The van der Waals surface area contributed by atoms with E-state index in [-0.39, 0.29) is 5.91 Å². The van der Waals surface area contributed by atoms with Crippen molar-refractivity contribution in [3.63, 3.8) is 0 Å². The number of carbonyl (C=O) groups excluding carboxylic acids is 1. The second kappa shape index (κ2) is 5.19. The number of para-hydroxylation sites is 1. The van der Waals surface area contributed by atoms with Crippen LogP contribution >= 0.6 is 15.9 Å². The average molecular weight is 345 g/mol. The predicted molar refractivity (Wildman–Crippen MR) is 88.3 cm³/mol. The van der Waals surface area contributed by atoms with Gasteiger partial charge in [0.05, 0.1) is 5.56 Å². The van der Waals surface area contributed by atoms with E-state index < -0.39 is 5.66 Å². The van der Waals surface area contributed by atoms with Gasteiger partial charge < -0.3 is 10.2 Å². The molecule has 4 heteroatoms. The number of hydrogen-bond acceptors (Lipinski definition) is 2. The van der Waals surface area contributed by atoms with E-state index in [1.54, 1.807) is 0 Å². The first-order chi connectivity index (χ1) is 10.1. The molecule has 0 saturated heterocycles. The van der Waals surface area contributed by atoms with E-state index in [2.05, 4.69) is 21.2 Å². The number of benzene rings is 2. The van der Waals surface area contributed by atoms with E-state index in [9.17, 15) is 4.79 Å². The van der Waals surface area contributed by atoms with Crippen molar-refractivity contribution in [2.45, 2.75) is 19.5 Å². The van der Waals surface area contributed by atoms with Gasteiger partial charge in [0.1, 0.15) is 5.66 Å². The van der Waals surface area contributed by atoms with E-state index in [0.717, 1.165) is 21.3 Å². The van der Waals surface area contributed by atoms with E-state index in [4.69, 9.17) is 0 Å². The third-order valence-electron chi connectivity index (χ3n) is 4.04. The van der Waals surface area contributed by atoms with Crippen LogP contribution in [0.15, 0.2) is 53.0 Å². The highest BCUT2D eigenvalue weighted by atomic mass is 79.9. The zero-order valence-corrected chi connectivity index (χ0v) is 13.6. The minimum absolute atomic E-state index is 0.0669. The number of hydrogen-bond donors (Lipinski definition) is 1. The van der Waals surface area contributed by atoms with Crippen LogP contribution in [0.4, 0.5) is 5.69 Å². The zero-order valence-electron chi connectivity index (χ0n) is 12.1. The van der Waals surface area contributed by atoms with Crippen LogP contribution in [-0.2, 0) is 5.66 Å². The standard InChI is InChI=1S/C17H17BrN2O/c1-3-20-16(21)14-6-4-5-7-15(14)19-17(20,2)12-8-10-13(18)11-9-12/h4-11,19H,3H2,1-2H3. The van der Waals surface area contributed by atoms with Crippen molar-refractivity contribution < 1.29 is 4.79 Å². The summed E-state index contributed by atoms with van der Waals surface area (Å²) in [5.41, 5.74) is 2.14. The van der Waals surface area contributed by atoms with Gasteiger partial charge in [-0.15, -0.1) is 0 Å². The van der Waals surface area contributed by atoms with Crippen LogP contribution in [0.2, 0.25) is 0 Å². The lowest BCUT2D eigenvalue weighted by molar-refractivity contribution is 0.0553. The molecule has 2 aromatic rings. The van der Waals surface area contributed by atoms with Crippen molar-refractivity contribution in [2.75, 3.05) is 11.9 Å². The second-order valence-electron chi connectivity index (χ2n) is 5.30. The molecule has 1 aliphatic heterocycles. The van der Waals surface area contributed by atoms with Gasteiger partial charge in [0.2, 0.25) is 0 Å². The fourth-order valence-corrected chi connectivity index (χ4v) is 3.18. The van der Waals surface area contributed by atoms with Crippen molar-refractivity contribution in [3.05, 3.63) is 64.1 Å². The van der Waals surface area contributed by atoms with Gasteiger partial charge in [0, 0.05) is 16.7 Å². The Morgan fingerprint density at radius 1 is 1.14 bits per heavy atom. The van der Waals surface area contributed by atoms with Crippen LogP contribution in [0.3, 0.4) is 0 Å². The van der Waals surface area contributed by atoms with Gasteiger partial charge in [-0.2, -0.15) is 0 Å². The Kier molecular flexibility index (Phi) is 3.49. The number of amides is 1. The van der Waals surface area contributed by atoms with Gasteiger partial charge in [0.25, 0.3) is 5.91 Å². The minimum atomic E-state index is -0.541. The molecule has 0 aliphatic carbocycles. The van der Waals surface area contributed by atoms with Gasteiger partial charge in [-0.05, 0) is 43.7 Å². The molecule has 3 nitrogen and oxygen atoms in total. The van der Waals surface area contributed by atoms with Crippen molar-refractivity contribution in [3.8, 4) is 0 Å². The molecule has 0 saturated carbocycles. The second-order valence-corrected chi connectivity index (χ2v) is 6.21. The first kappa shape index (κ1) is 14.1. The summed E-state index contributed by atoms with van der Waals surface area (Å²) in [4.78, 5) is 14.7. The Balaban J connectivity index is 2.13. The Morgan fingerprint density at radius 3 is 2.48 bits per heavy atom. The smallest absolute Gasteiger partial charge is 0.258 e. The monoisotopic (exact) mass is 344 g/mol. The number of nitrogens with zero attached hydrogens (tertiary/aromatic N) is 1. The molecule has 3 rings (SSSR count). The highest BCUT2D eigenvalue weighted by Crippen LogP contribution is 2.37. The summed E-state index contributed by atoms with van der Waals surface area (Å²) in [6, 6.07) is 15.8. The normalized spacial score (nSPS) is 20.9. The Hall–Kier alpha value is -1.81. The molecular weight excluding hydrogens is 328 g/mol. The highest BCUT2D eigenvalue weighted by molar-refractivity contribution is 9.10. The lowest BCUT2D eigenvalue weighted by Crippen LogP contribution is -2.55. The third kappa shape index (κ3) is 2.23. The minimum Gasteiger partial charge on any atom is -0.358 e. The fourth-order valence-electron chi connectivity index (χ4n) is 2.92. The van der Waals surface area contributed by atoms with E-state index in [1.165, 1.54) is 0 Å². The van der Waals surface area contributed by atoms with Crippen LogP contribution in [0.1, 0.15) is 29.8 Å². The maximum Gasteiger partial charge on any atom is 0.258 e. The molecule has 0 fully saturated rings. The van der Waals surface area contributed by atoms with E-state index >= 15 is 0 Å². The maximum absolute atomic E-state index is 12.8. The average Bonchev–Trinajstić information content (AvgIpc) is 2.48. The fraction of sp³-hybridized carbons (Fsp3) is 0.235. The van der Waals surface area contributed by atoms with Crippen LogP contribution in [0.5, 0.6) is 0 Å². The molecule has 1 N–H and O–H groups in total. The largest absolute Gasteiger partial charge is 0.358 e. The van der Waals surface area contributed by atoms with E-state index in [0.29, 0.717) is 6.54 Å². The third-order valence-corrected chi connectivity index (χ3v) is 4.57. The van der Waals surface area contributed by atoms with Gasteiger partial charge in [-0.1, -0.05) is 40.2 Å². The molecule has 1 aliphatic rings. The number of rotatable bonds is 2. The van der Waals surface area contributed by atoms with E-state index in [1.807, 2.05) is 67.3 Å². The molecular formula is C17H17BrN2O. The molecule has 1 unspecified atom stereocenters. The van der Waals surface area contributed by atoms with Gasteiger partial charge >= 0.3 is 0 Å². The Morgan fingerprint density at radius 2 is 1.81 bits per heavy atom. The zero-order chi connectivity index (χ0) is 15.0. The highest BCUT2D eigenvalue weighted by Gasteiger charge is 2.41. The van der Waals surface area contributed by atoms with Gasteiger partial charge in [0.15, 0.2) is 0 Å². The van der Waals surface area contributed by atoms with Crippen molar-refractivity contribution in [1.82, 2.24) is 4.90 Å². The lowest BCUT2D eigenvalue weighted by atomic mass is 9.94. The molecule has 0 aromatic heterocycles. The van der Waals surface area contributed by atoms with Gasteiger partial charge in [-0.3, -0.25) is 4.79 Å². The number of fused-ring (bicyclic) bond motifs is 1. The topological polar surface area (TPSA) is 32.3 Å². The van der Waals surface area contributed by atoms with Crippen LogP contribution in [-0.4, -0.2) is 17.4 Å². The predicted octanol–water partition coefficient (Wildman–Crippen LogP) is 4.21. The molecule has 1 atom stereocenters. The first-order valence-corrected chi connectivity index (χ1v) is 7.81. The summed E-state index contributed by atoms with van der Waals surface area (Å²) in [7, 11) is 0. The van der Waals surface area contributed by atoms with Gasteiger partial charge in [-0.25, -0.2) is 0 Å². The van der Waals surface area contributed by atoms with Crippen molar-refractivity contribution in [2.24, 2.45) is 0 Å². The molecule has 1 amide bonds. The maximum atomic E-state index is 12.8. The summed E-state index contributed by atoms with van der Waals surface area (Å²) in [5.74, 6) is 0.0669. The summed E-state index contributed by atoms with van der Waals surface area (Å²) < 4.78 is 1.03. The molecule has 1 heterocycles. The SMILES string of the molecule is CCN1C(=O)c2ccccc2NC1(C)c1ccc(Br)cc1. The van der Waals surface area contributed by atoms with Crippen LogP contribution in [0, 0.1) is 0 Å². The Bertz CT molecular complexity index is 683. The number of halogens is 1. The molecule has 108 valence electrons. The first-order valence-electron chi connectivity index (χ1n) is 7.01. The van der Waals surface area contributed by atoms with Crippen LogP contribution in [0.25, 0.3) is 0 Å². The number of anilines is 1. The van der Waals surface area contributed by atoms with Crippen molar-refractivity contribution >= 4 is 27.5 Å². The Labute approximate surface area is 133 Å². The quantitative estimate of drug-likeness (QED) is 0.884. The molecule has 0 spiro atoms. The summed E-state index contributed by atoms with van der Waals surface area (Å²) in [6.07, 6.45) is 0. The number of nitrogens with one attached hydrogen (secondary N) is 1.